The Morgan fingerprint density at radius 2 is 2.00 bits per heavy atom. The lowest BCUT2D eigenvalue weighted by molar-refractivity contribution is 0.0695. The zero-order valence-corrected chi connectivity index (χ0v) is 14.7. The SMILES string of the molecule is O=C(O)c1cc(C2CC2)cnc1Cc1ccc2c(ccn2CC2CC2)c1. The molecule has 2 aromatic heterocycles. The lowest BCUT2D eigenvalue weighted by Gasteiger charge is -2.09. The smallest absolute Gasteiger partial charge is 0.337 e. The highest BCUT2D eigenvalue weighted by Gasteiger charge is 2.26. The number of pyridine rings is 1. The van der Waals surface area contributed by atoms with Gasteiger partial charge in [0.25, 0.3) is 0 Å². The van der Waals surface area contributed by atoms with Crippen LogP contribution in [0.2, 0.25) is 0 Å². The topological polar surface area (TPSA) is 55.1 Å². The second-order valence-electron chi connectivity index (χ2n) is 7.82. The maximum Gasteiger partial charge on any atom is 0.337 e. The van der Waals surface area contributed by atoms with Crippen LogP contribution in [0.25, 0.3) is 10.9 Å². The first kappa shape index (κ1) is 15.6. The van der Waals surface area contributed by atoms with E-state index < -0.39 is 5.97 Å². The third kappa shape index (κ3) is 3.00. The van der Waals surface area contributed by atoms with E-state index in [1.54, 1.807) is 0 Å². The fourth-order valence-corrected chi connectivity index (χ4v) is 3.77. The molecule has 5 rings (SSSR count). The quantitative estimate of drug-likeness (QED) is 0.709. The van der Waals surface area contributed by atoms with E-state index in [4.69, 9.17) is 0 Å². The zero-order valence-electron chi connectivity index (χ0n) is 14.7. The molecule has 1 aromatic carbocycles. The number of carboxylic acid groups (broad SMARTS) is 1. The third-order valence-electron chi connectivity index (χ3n) is 5.63. The summed E-state index contributed by atoms with van der Waals surface area (Å²) in [6, 6.07) is 10.4. The predicted molar refractivity (Wildman–Crippen MR) is 101 cm³/mol. The monoisotopic (exact) mass is 346 g/mol. The number of carboxylic acids is 1. The van der Waals surface area contributed by atoms with Crippen molar-refractivity contribution in [3.63, 3.8) is 0 Å². The highest BCUT2D eigenvalue weighted by atomic mass is 16.4. The summed E-state index contributed by atoms with van der Waals surface area (Å²) in [7, 11) is 0. The van der Waals surface area contributed by atoms with Crippen molar-refractivity contribution in [1.29, 1.82) is 0 Å². The van der Waals surface area contributed by atoms with E-state index in [1.807, 2.05) is 12.3 Å². The first-order chi connectivity index (χ1) is 12.7. The number of nitrogens with zero attached hydrogens (tertiary/aromatic N) is 2. The van der Waals surface area contributed by atoms with Crippen molar-refractivity contribution < 1.29 is 9.90 Å². The highest BCUT2D eigenvalue weighted by molar-refractivity contribution is 5.89. The van der Waals surface area contributed by atoms with Crippen LogP contribution in [0.5, 0.6) is 0 Å². The molecule has 0 spiro atoms. The summed E-state index contributed by atoms with van der Waals surface area (Å²) in [5.41, 5.74) is 4.44. The number of aromatic carboxylic acids is 1. The summed E-state index contributed by atoms with van der Waals surface area (Å²) in [4.78, 5) is 16.2. The standard InChI is InChI=1S/C22H22N2O2/c25-22(26)19-11-18(16-4-5-16)12-23-20(19)10-15-3-6-21-17(9-15)7-8-24(21)13-14-1-2-14/h3,6-9,11-12,14,16H,1-2,4-5,10,13H2,(H,25,26). The molecule has 2 heterocycles. The fourth-order valence-electron chi connectivity index (χ4n) is 3.77. The van der Waals surface area contributed by atoms with Gasteiger partial charge in [-0.15, -0.1) is 0 Å². The molecule has 4 nitrogen and oxygen atoms in total. The molecule has 26 heavy (non-hydrogen) atoms. The van der Waals surface area contributed by atoms with Gasteiger partial charge in [0.05, 0.1) is 11.3 Å². The van der Waals surface area contributed by atoms with Gasteiger partial charge in [-0.1, -0.05) is 6.07 Å². The lowest BCUT2D eigenvalue weighted by Crippen LogP contribution is -2.07. The van der Waals surface area contributed by atoms with Crippen LogP contribution in [0.3, 0.4) is 0 Å². The van der Waals surface area contributed by atoms with Crippen molar-refractivity contribution in [2.75, 3.05) is 0 Å². The summed E-state index contributed by atoms with van der Waals surface area (Å²) >= 11 is 0. The van der Waals surface area contributed by atoms with Crippen molar-refractivity contribution in [3.05, 3.63) is 65.1 Å². The minimum Gasteiger partial charge on any atom is -0.478 e. The van der Waals surface area contributed by atoms with E-state index in [0.29, 0.717) is 23.6 Å². The van der Waals surface area contributed by atoms with Crippen LogP contribution in [0.15, 0.2) is 42.7 Å². The van der Waals surface area contributed by atoms with E-state index in [9.17, 15) is 9.90 Å². The second kappa shape index (κ2) is 5.97. The molecule has 0 amide bonds. The van der Waals surface area contributed by atoms with Gasteiger partial charge in [-0.3, -0.25) is 4.98 Å². The van der Waals surface area contributed by atoms with Gasteiger partial charge < -0.3 is 9.67 Å². The number of aromatic nitrogens is 2. The van der Waals surface area contributed by atoms with Crippen LogP contribution in [0, 0.1) is 5.92 Å². The largest absolute Gasteiger partial charge is 0.478 e. The molecular weight excluding hydrogens is 324 g/mol. The first-order valence-corrected chi connectivity index (χ1v) is 9.47. The maximum absolute atomic E-state index is 11.7. The van der Waals surface area contributed by atoms with Crippen LogP contribution < -0.4 is 0 Å². The molecule has 1 N–H and O–H groups in total. The van der Waals surface area contributed by atoms with Crippen LogP contribution in [0.1, 0.15) is 58.8 Å². The number of fused-ring (bicyclic) bond motifs is 1. The molecule has 0 aliphatic heterocycles. The van der Waals surface area contributed by atoms with E-state index in [1.165, 1.54) is 23.7 Å². The highest BCUT2D eigenvalue weighted by Crippen LogP contribution is 2.40. The van der Waals surface area contributed by atoms with E-state index >= 15 is 0 Å². The Labute approximate surface area is 152 Å². The van der Waals surface area contributed by atoms with Gasteiger partial charge in [-0.05, 0) is 78.3 Å². The Balaban J connectivity index is 1.44. The number of carbonyl (C=O) groups is 1. The summed E-state index contributed by atoms with van der Waals surface area (Å²) < 4.78 is 2.34. The van der Waals surface area contributed by atoms with Gasteiger partial charge >= 0.3 is 5.97 Å². The summed E-state index contributed by atoms with van der Waals surface area (Å²) in [5, 5.41) is 10.8. The molecule has 4 heteroatoms. The summed E-state index contributed by atoms with van der Waals surface area (Å²) in [5.74, 6) is 0.474. The molecule has 3 aromatic rings. The van der Waals surface area contributed by atoms with E-state index in [0.717, 1.165) is 36.4 Å². The minimum atomic E-state index is -0.883. The number of hydrogen-bond donors (Lipinski definition) is 1. The summed E-state index contributed by atoms with van der Waals surface area (Å²) in [6.45, 7) is 1.11. The minimum absolute atomic E-state index is 0.348. The van der Waals surface area contributed by atoms with Crippen molar-refractivity contribution in [3.8, 4) is 0 Å². The molecular formula is C22H22N2O2. The van der Waals surface area contributed by atoms with Crippen LogP contribution >= 0.6 is 0 Å². The number of benzene rings is 1. The van der Waals surface area contributed by atoms with Crippen LogP contribution in [-0.4, -0.2) is 20.6 Å². The predicted octanol–water partition coefficient (Wildman–Crippen LogP) is 4.61. The average Bonchev–Trinajstić information content (AvgIpc) is 3.54. The Hall–Kier alpha value is -2.62. The molecule has 2 fully saturated rings. The van der Waals surface area contributed by atoms with Gasteiger partial charge in [0.1, 0.15) is 0 Å². The molecule has 0 radical (unpaired) electrons. The lowest BCUT2D eigenvalue weighted by atomic mass is 10.0. The van der Waals surface area contributed by atoms with E-state index in [2.05, 4.69) is 40.0 Å². The van der Waals surface area contributed by atoms with Crippen molar-refractivity contribution in [2.45, 2.75) is 44.6 Å². The Morgan fingerprint density at radius 3 is 2.73 bits per heavy atom. The second-order valence-corrected chi connectivity index (χ2v) is 7.82. The Morgan fingerprint density at radius 1 is 1.15 bits per heavy atom. The Bertz CT molecular complexity index is 997. The summed E-state index contributed by atoms with van der Waals surface area (Å²) in [6.07, 6.45) is 9.57. The number of rotatable bonds is 6. The molecule has 2 aliphatic rings. The molecule has 0 unspecified atom stereocenters. The van der Waals surface area contributed by atoms with Gasteiger partial charge in [0.2, 0.25) is 0 Å². The Kier molecular flexibility index (Phi) is 3.59. The zero-order chi connectivity index (χ0) is 17.7. The van der Waals surface area contributed by atoms with E-state index in [-0.39, 0.29) is 0 Å². The molecule has 2 aliphatic carbocycles. The van der Waals surface area contributed by atoms with Gasteiger partial charge in [-0.2, -0.15) is 0 Å². The normalized spacial score (nSPS) is 16.9. The van der Waals surface area contributed by atoms with Crippen molar-refractivity contribution in [2.24, 2.45) is 5.92 Å². The van der Waals surface area contributed by atoms with Gasteiger partial charge in [0.15, 0.2) is 0 Å². The number of hydrogen-bond acceptors (Lipinski definition) is 2. The average molecular weight is 346 g/mol. The van der Waals surface area contributed by atoms with Crippen LogP contribution in [0.4, 0.5) is 0 Å². The molecule has 0 bridgehead atoms. The molecule has 0 atom stereocenters. The molecule has 132 valence electrons. The van der Waals surface area contributed by atoms with Crippen LogP contribution in [-0.2, 0) is 13.0 Å². The van der Waals surface area contributed by atoms with Gasteiger partial charge in [-0.25, -0.2) is 4.79 Å². The molecule has 2 saturated carbocycles. The first-order valence-electron chi connectivity index (χ1n) is 9.47. The van der Waals surface area contributed by atoms with Crippen molar-refractivity contribution >= 4 is 16.9 Å². The van der Waals surface area contributed by atoms with Gasteiger partial charge in [0, 0.05) is 30.9 Å². The third-order valence-corrected chi connectivity index (χ3v) is 5.63. The van der Waals surface area contributed by atoms with Crippen molar-refractivity contribution in [1.82, 2.24) is 9.55 Å². The maximum atomic E-state index is 11.7. The fraction of sp³-hybridized carbons (Fsp3) is 0.364. The molecule has 0 saturated heterocycles.